The number of hydrogen-bond donors (Lipinski definition) is 2. The van der Waals surface area contributed by atoms with Crippen LogP contribution in [0, 0.1) is 0 Å². The van der Waals surface area contributed by atoms with Gasteiger partial charge in [0.05, 0.1) is 5.69 Å². The molecule has 1 aliphatic carbocycles. The standard InChI is InChI=1S/C11H15N3O2S/c12-10-2-1-3-11-9(10)6-7-14(11)17(15,16)13-8-4-5-8/h1-3,8,13H,4-7,12H2. The van der Waals surface area contributed by atoms with E-state index in [4.69, 9.17) is 5.73 Å². The second-order valence-electron chi connectivity index (χ2n) is 4.56. The van der Waals surface area contributed by atoms with Crippen molar-refractivity contribution in [1.82, 2.24) is 4.72 Å². The maximum atomic E-state index is 12.1. The van der Waals surface area contributed by atoms with Crippen molar-refractivity contribution in [2.75, 3.05) is 16.6 Å². The molecule has 1 saturated carbocycles. The Kier molecular flexibility index (Phi) is 2.31. The molecule has 17 heavy (non-hydrogen) atoms. The van der Waals surface area contributed by atoms with Gasteiger partial charge in [0, 0.05) is 23.8 Å². The van der Waals surface area contributed by atoms with Gasteiger partial charge in [0.15, 0.2) is 0 Å². The second kappa shape index (κ2) is 3.61. The maximum absolute atomic E-state index is 12.1. The van der Waals surface area contributed by atoms with Gasteiger partial charge in [-0.25, -0.2) is 0 Å². The molecule has 0 saturated heterocycles. The summed E-state index contributed by atoms with van der Waals surface area (Å²) in [6.45, 7) is 0.478. The van der Waals surface area contributed by atoms with Crippen LogP contribution in [-0.2, 0) is 16.6 Å². The van der Waals surface area contributed by atoms with Gasteiger partial charge in [-0.2, -0.15) is 13.1 Å². The van der Waals surface area contributed by atoms with E-state index >= 15 is 0 Å². The van der Waals surface area contributed by atoms with E-state index in [1.54, 1.807) is 6.07 Å². The lowest BCUT2D eigenvalue weighted by atomic mass is 10.1. The molecule has 0 radical (unpaired) electrons. The molecule has 0 unspecified atom stereocenters. The number of benzene rings is 1. The number of rotatable bonds is 3. The molecule has 6 heteroatoms. The summed E-state index contributed by atoms with van der Waals surface area (Å²) in [4.78, 5) is 0. The van der Waals surface area contributed by atoms with Crippen LogP contribution in [0.3, 0.4) is 0 Å². The van der Waals surface area contributed by atoms with Crippen molar-refractivity contribution < 1.29 is 8.42 Å². The Morgan fingerprint density at radius 3 is 2.82 bits per heavy atom. The van der Waals surface area contributed by atoms with Gasteiger partial charge >= 0.3 is 10.2 Å². The minimum Gasteiger partial charge on any atom is -0.398 e. The fraction of sp³-hybridized carbons (Fsp3) is 0.455. The summed E-state index contributed by atoms with van der Waals surface area (Å²) < 4.78 is 28.4. The number of hydrogen-bond acceptors (Lipinski definition) is 3. The van der Waals surface area contributed by atoms with Gasteiger partial charge in [0.25, 0.3) is 0 Å². The molecule has 0 spiro atoms. The minimum atomic E-state index is -3.40. The summed E-state index contributed by atoms with van der Waals surface area (Å²) in [5.41, 5.74) is 8.18. The fourth-order valence-electron chi connectivity index (χ4n) is 2.16. The Morgan fingerprint density at radius 2 is 2.12 bits per heavy atom. The van der Waals surface area contributed by atoms with Crippen LogP contribution in [0.25, 0.3) is 0 Å². The predicted octanol–water partition coefficient (Wildman–Crippen LogP) is 0.628. The normalized spacial score (nSPS) is 19.4. The molecule has 0 atom stereocenters. The highest BCUT2D eigenvalue weighted by molar-refractivity contribution is 7.90. The van der Waals surface area contributed by atoms with Crippen LogP contribution in [-0.4, -0.2) is 21.0 Å². The van der Waals surface area contributed by atoms with Crippen LogP contribution in [0.15, 0.2) is 18.2 Å². The van der Waals surface area contributed by atoms with Crippen LogP contribution in [0.2, 0.25) is 0 Å². The largest absolute Gasteiger partial charge is 0.398 e. The van der Waals surface area contributed by atoms with Crippen LogP contribution >= 0.6 is 0 Å². The molecule has 1 aromatic carbocycles. The molecule has 0 bridgehead atoms. The molecular weight excluding hydrogens is 238 g/mol. The van der Waals surface area contributed by atoms with Crippen molar-refractivity contribution >= 4 is 21.6 Å². The molecule has 3 rings (SSSR count). The lowest BCUT2D eigenvalue weighted by Gasteiger charge is -2.19. The van der Waals surface area contributed by atoms with Crippen LogP contribution in [0.4, 0.5) is 11.4 Å². The smallest absolute Gasteiger partial charge is 0.301 e. The number of nitrogens with zero attached hydrogens (tertiary/aromatic N) is 1. The molecular formula is C11H15N3O2S. The number of nitrogen functional groups attached to an aromatic ring is 1. The molecule has 0 aromatic heterocycles. The van der Waals surface area contributed by atoms with Crippen LogP contribution in [0.5, 0.6) is 0 Å². The third kappa shape index (κ3) is 1.87. The average Bonchev–Trinajstić information content (AvgIpc) is 2.94. The van der Waals surface area contributed by atoms with Gasteiger partial charge in [0.1, 0.15) is 0 Å². The Morgan fingerprint density at radius 1 is 1.35 bits per heavy atom. The lowest BCUT2D eigenvalue weighted by Crippen LogP contribution is -2.40. The Hall–Kier alpha value is -1.27. The average molecular weight is 253 g/mol. The van der Waals surface area contributed by atoms with Crippen molar-refractivity contribution in [1.29, 1.82) is 0 Å². The zero-order chi connectivity index (χ0) is 12.0. The summed E-state index contributed by atoms with van der Waals surface area (Å²) in [6, 6.07) is 5.54. The molecule has 5 nitrogen and oxygen atoms in total. The van der Waals surface area contributed by atoms with E-state index in [9.17, 15) is 8.42 Å². The number of fused-ring (bicyclic) bond motifs is 1. The highest BCUT2D eigenvalue weighted by Gasteiger charge is 2.34. The SMILES string of the molecule is Nc1cccc2c1CCN2S(=O)(=O)NC1CC1. The molecule has 2 aliphatic rings. The van der Waals surface area contributed by atoms with E-state index in [2.05, 4.69) is 4.72 Å². The van der Waals surface area contributed by atoms with Gasteiger partial charge in [-0.15, -0.1) is 0 Å². The quantitative estimate of drug-likeness (QED) is 0.776. The number of anilines is 2. The highest BCUT2D eigenvalue weighted by atomic mass is 32.2. The summed E-state index contributed by atoms with van der Waals surface area (Å²) in [7, 11) is -3.40. The molecule has 1 aliphatic heterocycles. The van der Waals surface area contributed by atoms with E-state index in [-0.39, 0.29) is 6.04 Å². The Bertz CT molecular complexity index is 552. The Labute approximate surface area is 101 Å². The van der Waals surface area contributed by atoms with Crippen LogP contribution < -0.4 is 14.8 Å². The van der Waals surface area contributed by atoms with Crippen molar-refractivity contribution in [3.63, 3.8) is 0 Å². The minimum absolute atomic E-state index is 0.130. The molecule has 1 heterocycles. The third-order valence-electron chi connectivity index (χ3n) is 3.20. The highest BCUT2D eigenvalue weighted by Crippen LogP contribution is 2.34. The second-order valence-corrected chi connectivity index (χ2v) is 6.19. The molecule has 0 amide bonds. The van der Waals surface area contributed by atoms with Crippen molar-refractivity contribution in [2.24, 2.45) is 0 Å². The topological polar surface area (TPSA) is 75.4 Å². The first-order valence-corrected chi connectivity index (χ1v) is 7.19. The fourth-order valence-corrected chi connectivity index (χ4v) is 3.70. The van der Waals surface area contributed by atoms with Gasteiger partial charge in [-0.05, 0) is 31.4 Å². The Balaban J connectivity index is 1.95. The molecule has 1 aromatic rings. The monoisotopic (exact) mass is 253 g/mol. The van der Waals surface area contributed by atoms with Gasteiger partial charge < -0.3 is 5.73 Å². The first-order chi connectivity index (χ1) is 8.08. The first kappa shape index (κ1) is 10.9. The molecule has 3 N–H and O–H groups in total. The van der Waals surface area contributed by atoms with E-state index in [1.165, 1.54) is 4.31 Å². The van der Waals surface area contributed by atoms with Crippen LogP contribution in [0.1, 0.15) is 18.4 Å². The first-order valence-electron chi connectivity index (χ1n) is 5.75. The number of nitrogens with two attached hydrogens (primary N) is 1. The van der Waals surface area contributed by atoms with E-state index < -0.39 is 10.2 Å². The molecule has 1 fully saturated rings. The van der Waals surface area contributed by atoms with Gasteiger partial charge in [-0.3, -0.25) is 4.31 Å². The predicted molar refractivity (Wildman–Crippen MR) is 67.0 cm³/mol. The van der Waals surface area contributed by atoms with Crippen molar-refractivity contribution in [3.8, 4) is 0 Å². The van der Waals surface area contributed by atoms with Crippen molar-refractivity contribution in [3.05, 3.63) is 23.8 Å². The van der Waals surface area contributed by atoms with E-state index in [0.717, 1.165) is 24.1 Å². The zero-order valence-electron chi connectivity index (χ0n) is 9.39. The van der Waals surface area contributed by atoms with E-state index in [0.29, 0.717) is 18.7 Å². The maximum Gasteiger partial charge on any atom is 0.301 e. The number of nitrogens with one attached hydrogen (secondary N) is 1. The zero-order valence-corrected chi connectivity index (χ0v) is 10.2. The summed E-state index contributed by atoms with van der Waals surface area (Å²) in [5.74, 6) is 0. The third-order valence-corrected chi connectivity index (χ3v) is 4.79. The van der Waals surface area contributed by atoms with Gasteiger partial charge in [-0.1, -0.05) is 6.07 Å². The van der Waals surface area contributed by atoms with Gasteiger partial charge in [0.2, 0.25) is 0 Å². The lowest BCUT2D eigenvalue weighted by molar-refractivity contribution is 0.577. The summed E-state index contributed by atoms with van der Waals surface area (Å²) in [5, 5.41) is 0. The summed E-state index contributed by atoms with van der Waals surface area (Å²) in [6.07, 6.45) is 2.57. The molecule has 92 valence electrons. The summed E-state index contributed by atoms with van der Waals surface area (Å²) >= 11 is 0. The van der Waals surface area contributed by atoms with E-state index in [1.807, 2.05) is 12.1 Å². The van der Waals surface area contributed by atoms with Crippen molar-refractivity contribution in [2.45, 2.75) is 25.3 Å².